The number of methoxy groups -OCH3 is 2. The lowest BCUT2D eigenvalue weighted by Gasteiger charge is -2.06. The number of nitrogens with zero attached hydrogens (tertiary/aromatic N) is 2. The van der Waals surface area contributed by atoms with Crippen molar-refractivity contribution in [1.29, 1.82) is 0 Å². The first-order valence-electron chi connectivity index (χ1n) is 7.36. The molecule has 0 aliphatic rings. The topological polar surface area (TPSA) is 88.6 Å². The number of H-pyrrole nitrogens is 1. The Kier molecular flexibility index (Phi) is 5.10. The zero-order valence-corrected chi connectivity index (χ0v) is 14.5. The predicted molar refractivity (Wildman–Crippen MR) is 96.5 cm³/mol. The highest BCUT2D eigenvalue weighted by Gasteiger charge is 2.11. The quantitative estimate of drug-likeness (QED) is 0.525. The molecule has 8 heteroatoms. The molecule has 2 heterocycles. The van der Waals surface area contributed by atoms with Crippen LogP contribution in [0.25, 0.3) is 10.6 Å². The molecule has 0 atom stereocenters. The molecule has 0 aliphatic carbocycles. The first kappa shape index (κ1) is 16.7. The van der Waals surface area contributed by atoms with E-state index in [4.69, 9.17) is 9.47 Å². The number of aromatic amines is 1. The van der Waals surface area contributed by atoms with Crippen LogP contribution in [-0.4, -0.2) is 36.5 Å². The molecular formula is C17H16N4O3S. The number of thiophene rings is 1. The van der Waals surface area contributed by atoms with Gasteiger partial charge in [-0.2, -0.15) is 10.2 Å². The maximum absolute atomic E-state index is 12.1. The second kappa shape index (κ2) is 7.63. The van der Waals surface area contributed by atoms with Gasteiger partial charge in [-0.3, -0.25) is 9.89 Å². The summed E-state index contributed by atoms with van der Waals surface area (Å²) < 4.78 is 10.4. The highest BCUT2D eigenvalue weighted by molar-refractivity contribution is 7.13. The molecule has 25 heavy (non-hydrogen) atoms. The van der Waals surface area contributed by atoms with E-state index in [1.807, 2.05) is 17.5 Å². The van der Waals surface area contributed by atoms with Gasteiger partial charge in [-0.05, 0) is 29.6 Å². The van der Waals surface area contributed by atoms with Crippen molar-refractivity contribution < 1.29 is 14.3 Å². The zero-order chi connectivity index (χ0) is 17.6. The Morgan fingerprint density at radius 3 is 2.88 bits per heavy atom. The van der Waals surface area contributed by atoms with E-state index in [9.17, 15) is 4.79 Å². The van der Waals surface area contributed by atoms with E-state index < -0.39 is 5.91 Å². The van der Waals surface area contributed by atoms with Crippen LogP contribution in [0.4, 0.5) is 0 Å². The Morgan fingerprint density at radius 1 is 1.28 bits per heavy atom. The minimum absolute atomic E-state index is 0.266. The number of hydrogen-bond donors (Lipinski definition) is 2. The summed E-state index contributed by atoms with van der Waals surface area (Å²) in [5.74, 6) is 0.871. The Balaban J connectivity index is 1.67. The SMILES string of the molecule is COc1ccc(/C=N/NC(=O)c2cc(-c3cccs3)[nH]n2)c(OC)c1. The molecule has 3 aromatic rings. The number of hydrogen-bond acceptors (Lipinski definition) is 6. The molecule has 0 radical (unpaired) electrons. The lowest BCUT2D eigenvalue weighted by Crippen LogP contribution is -2.18. The van der Waals surface area contributed by atoms with Crippen LogP contribution in [0, 0.1) is 0 Å². The molecule has 0 aliphatic heterocycles. The van der Waals surface area contributed by atoms with Crippen LogP contribution in [0.3, 0.4) is 0 Å². The lowest BCUT2D eigenvalue weighted by molar-refractivity contribution is 0.0950. The Bertz CT molecular complexity index is 887. The smallest absolute Gasteiger partial charge is 0.291 e. The third-order valence-electron chi connectivity index (χ3n) is 3.41. The normalized spacial score (nSPS) is 10.8. The highest BCUT2D eigenvalue weighted by atomic mass is 32.1. The first-order valence-corrected chi connectivity index (χ1v) is 8.24. The van der Waals surface area contributed by atoms with E-state index >= 15 is 0 Å². The maximum atomic E-state index is 12.1. The standard InChI is InChI=1S/C17H16N4O3S/c1-23-12-6-5-11(15(8-12)24-2)10-18-21-17(22)14-9-13(19-20-14)16-4-3-7-25-16/h3-10H,1-2H3,(H,19,20)(H,21,22)/b18-10+. The minimum Gasteiger partial charge on any atom is -0.497 e. The van der Waals surface area contributed by atoms with E-state index in [-0.39, 0.29) is 5.69 Å². The van der Waals surface area contributed by atoms with Crippen LogP contribution in [-0.2, 0) is 0 Å². The van der Waals surface area contributed by atoms with Crippen LogP contribution < -0.4 is 14.9 Å². The van der Waals surface area contributed by atoms with Crippen molar-refractivity contribution in [2.24, 2.45) is 5.10 Å². The van der Waals surface area contributed by atoms with E-state index in [2.05, 4.69) is 20.7 Å². The second-order valence-corrected chi connectivity index (χ2v) is 5.90. The monoisotopic (exact) mass is 356 g/mol. The molecule has 0 spiro atoms. The van der Waals surface area contributed by atoms with E-state index in [1.165, 1.54) is 6.21 Å². The molecule has 0 saturated heterocycles. The van der Waals surface area contributed by atoms with Crippen LogP contribution in [0.5, 0.6) is 11.5 Å². The maximum Gasteiger partial charge on any atom is 0.291 e. The molecule has 1 aromatic carbocycles. The lowest BCUT2D eigenvalue weighted by atomic mass is 10.2. The molecule has 1 amide bonds. The fourth-order valence-electron chi connectivity index (χ4n) is 2.14. The zero-order valence-electron chi connectivity index (χ0n) is 13.6. The highest BCUT2D eigenvalue weighted by Crippen LogP contribution is 2.24. The number of hydrazone groups is 1. The molecule has 0 unspecified atom stereocenters. The summed E-state index contributed by atoms with van der Waals surface area (Å²) in [6, 6.07) is 10.9. The van der Waals surface area contributed by atoms with Gasteiger partial charge in [-0.1, -0.05) is 6.07 Å². The number of amides is 1. The Morgan fingerprint density at radius 2 is 2.16 bits per heavy atom. The van der Waals surface area contributed by atoms with Crippen molar-refractivity contribution in [3.05, 3.63) is 53.0 Å². The van der Waals surface area contributed by atoms with E-state index in [0.717, 1.165) is 10.6 Å². The van der Waals surface area contributed by atoms with Crippen molar-refractivity contribution in [1.82, 2.24) is 15.6 Å². The number of rotatable bonds is 6. The molecule has 2 N–H and O–H groups in total. The molecule has 3 rings (SSSR count). The summed E-state index contributed by atoms with van der Waals surface area (Å²) in [5.41, 5.74) is 4.22. The fourth-order valence-corrected chi connectivity index (χ4v) is 2.83. The fraction of sp³-hybridized carbons (Fsp3) is 0.118. The molecule has 2 aromatic heterocycles. The summed E-state index contributed by atoms with van der Waals surface area (Å²) in [6.07, 6.45) is 1.50. The van der Waals surface area contributed by atoms with E-state index in [1.54, 1.807) is 49.8 Å². The summed E-state index contributed by atoms with van der Waals surface area (Å²) in [5, 5.41) is 12.8. The number of aromatic nitrogens is 2. The van der Waals surface area contributed by atoms with Gasteiger partial charge in [0.05, 0.1) is 31.0 Å². The molecule has 0 fully saturated rings. The van der Waals surface area contributed by atoms with Gasteiger partial charge < -0.3 is 9.47 Å². The van der Waals surface area contributed by atoms with Crippen molar-refractivity contribution in [3.63, 3.8) is 0 Å². The average Bonchev–Trinajstić information content (AvgIpc) is 3.33. The number of carbonyl (C=O) groups is 1. The van der Waals surface area contributed by atoms with Crippen molar-refractivity contribution >= 4 is 23.5 Å². The van der Waals surface area contributed by atoms with Crippen LogP contribution >= 0.6 is 11.3 Å². The predicted octanol–water partition coefficient (Wildman–Crippen LogP) is 2.92. The summed E-state index contributed by atoms with van der Waals surface area (Å²) in [6.45, 7) is 0. The van der Waals surface area contributed by atoms with Crippen molar-refractivity contribution in [2.75, 3.05) is 14.2 Å². The van der Waals surface area contributed by atoms with Gasteiger partial charge >= 0.3 is 0 Å². The third-order valence-corrected chi connectivity index (χ3v) is 4.31. The number of ether oxygens (including phenoxy) is 2. The summed E-state index contributed by atoms with van der Waals surface area (Å²) in [7, 11) is 3.14. The van der Waals surface area contributed by atoms with Gasteiger partial charge in [-0.25, -0.2) is 5.43 Å². The van der Waals surface area contributed by atoms with Crippen LogP contribution in [0.1, 0.15) is 16.1 Å². The van der Waals surface area contributed by atoms with Gasteiger partial charge in [0, 0.05) is 11.6 Å². The van der Waals surface area contributed by atoms with Crippen LogP contribution in [0.15, 0.2) is 46.9 Å². The van der Waals surface area contributed by atoms with Gasteiger partial charge in [0.15, 0.2) is 5.69 Å². The van der Waals surface area contributed by atoms with E-state index in [0.29, 0.717) is 17.1 Å². The van der Waals surface area contributed by atoms with Crippen molar-refractivity contribution in [3.8, 4) is 22.1 Å². The largest absolute Gasteiger partial charge is 0.497 e. The summed E-state index contributed by atoms with van der Waals surface area (Å²) >= 11 is 1.57. The second-order valence-electron chi connectivity index (χ2n) is 4.95. The number of benzene rings is 1. The first-order chi connectivity index (χ1) is 12.2. The molecule has 7 nitrogen and oxygen atoms in total. The number of nitrogens with one attached hydrogen (secondary N) is 2. The van der Waals surface area contributed by atoms with Gasteiger partial charge in [0.25, 0.3) is 5.91 Å². The van der Waals surface area contributed by atoms with Crippen LogP contribution in [0.2, 0.25) is 0 Å². The van der Waals surface area contributed by atoms with Gasteiger partial charge in [0.2, 0.25) is 0 Å². The van der Waals surface area contributed by atoms with Crippen molar-refractivity contribution in [2.45, 2.75) is 0 Å². The molecule has 128 valence electrons. The average molecular weight is 356 g/mol. The summed E-state index contributed by atoms with van der Waals surface area (Å²) in [4.78, 5) is 13.1. The molecule has 0 saturated carbocycles. The minimum atomic E-state index is -0.400. The third kappa shape index (κ3) is 3.86. The molecule has 0 bridgehead atoms. The Hall–Kier alpha value is -3.13. The van der Waals surface area contributed by atoms with Gasteiger partial charge in [0.1, 0.15) is 11.5 Å². The number of carbonyl (C=O) groups excluding carboxylic acids is 1. The Labute approximate surface area is 148 Å². The van der Waals surface area contributed by atoms with Gasteiger partial charge in [-0.15, -0.1) is 11.3 Å². The molecular weight excluding hydrogens is 340 g/mol.